The average Bonchev–Trinajstić information content (AvgIpc) is 2.47. The molecule has 122 valence electrons. The number of carbonyl (C=O) groups excluding carboxylic acids is 2. The Morgan fingerprint density at radius 3 is 2.61 bits per heavy atom. The van der Waals surface area contributed by atoms with Crippen LogP contribution in [0.15, 0.2) is 30.4 Å². The lowest BCUT2D eigenvalue weighted by molar-refractivity contribution is -0.132. The van der Waals surface area contributed by atoms with Crippen LogP contribution in [-0.2, 0) is 16.0 Å². The monoisotopic (exact) mass is 312 g/mol. The summed E-state index contributed by atoms with van der Waals surface area (Å²) in [4.78, 5) is 25.3. The van der Waals surface area contributed by atoms with Crippen LogP contribution in [0.3, 0.4) is 0 Å². The van der Waals surface area contributed by atoms with Gasteiger partial charge in [-0.15, -0.1) is 0 Å². The van der Waals surface area contributed by atoms with Crippen LogP contribution >= 0.6 is 0 Å². The quantitative estimate of drug-likeness (QED) is 0.617. The van der Waals surface area contributed by atoms with Crippen molar-refractivity contribution in [3.05, 3.63) is 47.0 Å². The molecule has 0 fully saturated rings. The third-order valence-corrected chi connectivity index (χ3v) is 3.62. The Morgan fingerprint density at radius 1 is 1.35 bits per heavy atom. The molecule has 0 unspecified atom stereocenters. The van der Waals surface area contributed by atoms with Crippen molar-refractivity contribution in [2.75, 3.05) is 13.1 Å². The fourth-order valence-corrected chi connectivity index (χ4v) is 2.38. The molecule has 0 saturated heterocycles. The van der Waals surface area contributed by atoms with Crippen LogP contribution in [0.25, 0.3) is 0 Å². The molecule has 0 aliphatic heterocycles. The number of amides is 2. The van der Waals surface area contributed by atoms with E-state index in [1.54, 1.807) is 13.0 Å². The topological polar surface area (TPSA) is 49.4 Å². The highest BCUT2D eigenvalue weighted by Crippen LogP contribution is 2.12. The molecule has 1 atom stereocenters. The zero-order chi connectivity index (χ0) is 17.4. The van der Waals surface area contributed by atoms with Gasteiger partial charge in [0, 0.05) is 6.54 Å². The number of nitrogens with zero attached hydrogens (tertiary/aromatic N) is 1. The molecule has 0 saturated carbocycles. The number of allylic oxidation sites excluding steroid dienone is 1. The van der Waals surface area contributed by atoms with Gasteiger partial charge in [-0.2, -0.15) is 0 Å². The number of rotatable bonds is 7. The number of hydrogen-bond acceptors (Lipinski definition) is 2. The molecule has 0 aliphatic rings. The van der Waals surface area contributed by atoms with Crippen LogP contribution in [-0.4, -0.2) is 43.6 Å². The average molecular weight is 312 g/mol. The zero-order valence-corrected chi connectivity index (χ0v) is 14.4. The summed E-state index contributed by atoms with van der Waals surface area (Å²) in [6.07, 6.45) is 3.67. The van der Waals surface area contributed by atoms with Crippen molar-refractivity contribution in [1.29, 1.82) is 0 Å². The Balaban J connectivity index is 2.57. The second-order valence-electron chi connectivity index (χ2n) is 5.66. The number of aryl methyl sites for hydroxylation is 2. The Kier molecular flexibility index (Phi) is 7.59. The van der Waals surface area contributed by atoms with Crippen LogP contribution in [0.2, 0.25) is 0 Å². The molecule has 1 aromatic carbocycles. The summed E-state index contributed by atoms with van der Waals surface area (Å²) in [5.74, 6) is -0.894. The minimum Gasteiger partial charge on any atom is -0.360 e. The van der Waals surface area contributed by atoms with E-state index >= 15 is 0 Å². The molecule has 0 aliphatic carbocycles. The zero-order valence-electron chi connectivity index (χ0n) is 14.4. The van der Waals surface area contributed by atoms with E-state index in [4.69, 9.17) is 7.85 Å². The van der Waals surface area contributed by atoms with Crippen LogP contribution in [0.1, 0.15) is 30.5 Å². The molecule has 0 heterocycles. The minimum atomic E-state index is -0.473. The summed E-state index contributed by atoms with van der Waals surface area (Å²) in [5, 5.41) is 2.75. The highest BCUT2D eigenvalue weighted by atomic mass is 16.2. The second kappa shape index (κ2) is 9.18. The van der Waals surface area contributed by atoms with Gasteiger partial charge in [0.05, 0.1) is 14.4 Å². The van der Waals surface area contributed by atoms with Crippen molar-refractivity contribution < 1.29 is 9.59 Å². The molecule has 1 rings (SSSR count). The van der Waals surface area contributed by atoms with Crippen molar-refractivity contribution in [3.63, 3.8) is 0 Å². The summed E-state index contributed by atoms with van der Waals surface area (Å²) in [6.45, 7) is 8.17. The summed E-state index contributed by atoms with van der Waals surface area (Å²) in [5.41, 5.74) is 3.47. The summed E-state index contributed by atoms with van der Waals surface area (Å²) in [7, 11) is 6.02. The predicted octanol–water partition coefficient (Wildman–Crippen LogP) is 1.88. The summed E-state index contributed by atoms with van der Waals surface area (Å²) in [6, 6.07) is 6.16. The second-order valence-corrected chi connectivity index (χ2v) is 5.66. The number of carbonyl (C=O) groups is 2. The summed E-state index contributed by atoms with van der Waals surface area (Å²) < 4.78 is 0. The van der Waals surface area contributed by atoms with Crippen LogP contribution < -0.4 is 5.32 Å². The largest absolute Gasteiger partial charge is 0.360 e. The van der Waals surface area contributed by atoms with E-state index < -0.39 is 5.94 Å². The Hall–Kier alpha value is -2.04. The van der Waals surface area contributed by atoms with Gasteiger partial charge >= 0.3 is 0 Å². The van der Waals surface area contributed by atoms with E-state index in [9.17, 15) is 9.59 Å². The van der Waals surface area contributed by atoms with E-state index in [0.717, 1.165) is 11.1 Å². The van der Waals surface area contributed by atoms with Crippen molar-refractivity contribution in [2.45, 2.75) is 40.1 Å². The number of nitrogens with one attached hydrogen (secondary N) is 1. The van der Waals surface area contributed by atoms with E-state index in [1.807, 2.05) is 32.9 Å². The first-order valence-electron chi connectivity index (χ1n) is 7.90. The highest BCUT2D eigenvalue weighted by molar-refractivity contribution is 6.13. The summed E-state index contributed by atoms with van der Waals surface area (Å²) >= 11 is 0. The lowest BCUT2D eigenvalue weighted by atomic mass is 9.87. The lowest BCUT2D eigenvalue weighted by Gasteiger charge is -2.21. The van der Waals surface area contributed by atoms with Crippen molar-refractivity contribution in [3.8, 4) is 0 Å². The molecular weight excluding hydrogens is 287 g/mol. The van der Waals surface area contributed by atoms with Crippen molar-refractivity contribution in [2.24, 2.45) is 0 Å². The standard InChI is InChI=1S/C18H25BN2O2/c1-5-7-18(23)21(6-2)12-17(22)20-16(19)11-15-9-8-13(3)10-14(15)4/h5,7-10,16H,6,11-12H2,1-4H3,(H,20,22)/b7-5-/t16-/m0/s1. The first-order chi connectivity index (χ1) is 10.9. The minimum absolute atomic E-state index is 0.0141. The first-order valence-corrected chi connectivity index (χ1v) is 7.90. The van der Waals surface area contributed by atoms with Crippen LogP contribution in [0.4, 0.5) is 0 Å². The van der Waals surface area contributed by atoms with Gasteiger partial charge < -0.3 is 10.2 Å². The fraction of sp³-hybridized carbons (Fsp3) is 0.444. The number of likely N-dealkylation sites (N-methyl/N-ethyl adjacent to an activating group) is 1. The third kappa shape index (κ3) is 6.31. The molecule has 23 heavy (non-hydrogen) atoms. The van der Waals surface area contributed by atoms with Crippen molar-refractivity contribution >= 4 is 19.7 Å². The maximum absolute atomic E-state index is 12.1. The molecule has 0 aromatic heterocycles. The molecule has 4 nitrogen and oxygen atoms in total. The Bertz CT molecular complexity index is 584. The van der Waals surface area contributed by atoms with Gasteiger partial charge in [0.25, 0.3) is 0 Å². The van der Waals surface area contributed by atoms with E-state index in [-0.39, 0.29) is 18.4 Å². The van der Waals surface area contributed by atoms with Crippen LogP contribution in [0, 0.1) is 13.8 Å². The van der Waals surface area contributed by atoms with Gasteiger partial charge in [0.2, 0.25) is 11.8 Å². The molecule has 2 radical (unpaired) electrons. The van der Waals surface area contributed by atoms with E-state index in [1.165, 1.54) is 16.5 Å². The highest BCUT2D eigenvalue weighted by Gasteiger charge is 2.15. The van der Waals surface area contributed by atoms with E-state index in [0.29, 0.717) is 13.0 Å². The van der Waals surface area contributed by atoms with Gasteiger partial charge in [-0.05, 0) is 57.3 Å². The third-order valence-electron chi connectivity index (χ3n) is 3.62. The van der Waals surface area contributed by atoms with Gasteiger partial charge in [0.1, 0.15) is 0 Å². The normalized spacial score (nSPS) is 12.2. The molecule has 1 N–H and O–H groups in total. The van der Waals surface area contributed by atoms with Gasteiger partial charge in [-0.3, -0.25) is 9.59 Å². The smallest absolute Gasteiger partial charge is 0.246 e. The number of benzene rings is 1. The van der Waals surface area contributed by atoms with Gasteiger partial charge in [-0.1, -0.05) is 29.8 Å². The number of hydrogen-bond donors (Lipinski definition) is 1. The van der Waals surface area contributed by atoms with E-state index in [2.05, 4.69) is 11.4 Å². The molecule has 1 aromatic rings. The predicted molar refractivity (Wildman–Crippen MR) is 94.4 cm³/mol. The molecule has 5 heteroatoms. The molecule has 0 bridgehead atoms. The first kappa shape index (κ1) is 19.0. The molecule has 0 spiro atoms. The Labute approximate surface area is 140 Å². The Morgan fingerprint density at radius 2 is 2.04 bits per heavy atom. The van der Waals surface area contributed by atoms with Gasteiger partial charge in [-0.25, -0.2) is 0 Å². The SMILES string of the molecule is [B][C@H](Cc1ccc(C)cc1C)NC(=O)CN(CC)C(=O)/C=C\C. The molecule has 2 amide bonds. The van der Waals surface area contributed by atoms with Crippen molar-refractivity contribution in [1.82, 2.24) is 10.2 Å². The fourth-order valence-electron chi connectivity index (χ4n) is 2.38. The van der Waals surface area contributed by atoms with Crippen LogP contribution in [0.5, 0.6) is 0 Å². The lowest BCUT2D eigenvalue weighted by Crippen LogP contribution is -2.44. The maximum Gasteiger partial charge on any atom is 0.246 e. The maximum atomic E-state index is 12.1. The van der Waals surface area contributed by atoms with Gasteiger partial charge in [0.15, 0.2) is 0 Å². The molecular formula is C18H25BN2O2.